The lowest BCUT2D eigenvalue weighted by atomic mass is 10.1. The van der Waals surface area contributed by atoms with Crippen molar-refractivity contribution in [1.29, 1.82) is 0 Å². The fourth-order valence-electron chi connectivity index (χ4n) is 1.95. The van der Waals surface area contributed by atoms with Gasteiger partial charge >= 0.3 is 0 Å². The Hall–Kier alpha value is -3.28. The van der Waals surface area contributed by atoms with Crippen LogP contribution in [0.25, 0.3) is 5.76 Å². The van der Waals surface area contributed by atoms with Crippen LogP contribution in [0.1, 0.15) is 5.56 Å². The summed E-state index contributed by atoms with van der Waals surface area (Å²) in [4.78, 5) is 23.8. The number of methoxy groups -OCH3 is 2. The van der Waals surface area contributed by atoms with Crippen molar-refractivity contribution in [2.75, 3.05) is 19.5 Å². The molecule has 1 amide bonds. The summed E-state index contributed by atoms with van der Waals surface area (Å²) in [5.74, 6) is -0.980. The predicted molar refractivity (Wildman–Crippen MR) is 90.2 cm³/mol. The highest BCUT2D eigenvalue weighted by Gasteiger charge is 2.14. The number of benzene rings is 2. The SMILES string of the molecule is COc1cccc(NC(=O)C(=O)/C=C(/O)c2cccc(OC)c2)c1. The fourth-order valence-corrected chi connectivity index (χ4v) is 1.95. The first-order chi connectivity index (χ1) is 11.5. The Morgan fingerprint density at radius 2 is 1.62 bits per heavy atom. The van der Waals surface area contributed by atoms with Crippen LogP contribution < -0.4 is 14.8 Å². The number of carbonyl (C=O) groups is 2. The lowest BCUT2D eigenvalue weighted by Gasteiger charge is -2.06. The summed E-state index contributed by atoms with van der Waals surface area (Å²) in [6, 6.07) is 13.1. The number of hydrogen-bond acceptors (Lipinski definition) is 5. The van der Waals surface area contributed by atoms with Crippen molar-refractivity contribution >= 4 is 23.1 Å². The van der Waals surface area contributed by atoms with Gasteiger partial charge in [-0.05, 0) is 24.3 Å². The van der Waals surface area contributed by atoms with Crippen LogP contribution in [0, 0.1) is 0 Å². The van der Waals surface area contributed by atoms with Crippen LogP contribution in [0.15, 0.2) is 54.6 Å². The fraction of sp³-hybridized carbons (Fsp3) is 0.111. The minimum atomic E-state index is -0.877. The number of aliphatic hydroxyl groups is 1. The van der Waals surface area contributed by atoms with E-state index in [0.717, 1.165) is 6.08 Å². The van der Waals surface area contributed by atoms with E-state index in [-0.39, 0.29) is 5.76 Å². The van der Waals surface area contributed by atoms with E-state index in [0.29, 0.717) is 22.7 Å². The predicted octanol–water partition coefficient (Wildman–Crippen LogP) is 2.81. The molecular formula is C18H17NO5. The third-order valence-corrected chi connectivity index (χ3v) is 3.18. The first-order valence-corrected chi connectivity index (χ1v) is 7.08. The molecule has 0 unspecified atom stereocenters. The van der Waals surface area contributed by atoms with E-state index >= 15 is 0 Å². The summed E-state index contributed by atoms with van der Waals surface area (Å²) in [7, 11) is 2.99. The summed E-state index contributed by atoms with van der Waals surface area (Å²) in [5, 5.41) is 12.4. The quantitative estimate of drug-likeness (QED) is 0.484. The van der Waals surface area contributed by atoms with Crippen molar-refractivity contribution < 1.29 is 24.2 Å². The molecule has 24 heavy (non-hydrogen) atoms. The van der Waals surface area contributed by atoms with Gasteiger partial charge in [-0.1, -0.05) is 18.2 Å². The number of amides is 1. The zero-order valence-corrected chi connectivity index (χ0v) is 13.3. The zero-order valence-electron chi connectivity index (χ0n) is 13.3. The molecule has 2 N–H and O–H groups in total. The van der Waals surface area contributed by atoms with E-state index in [1.54, 1.807) is 48.5 Å². The van der Waals surface area contributed by atoms with Crippen LogP contribution in [0.3, 0.4) is 0 Å². The molecular weight excluding hydrogens is 310 g/mol. The maximum absolute atomic E-state index is 11.9. The number of rotatable bonds is 6. The van der Waals surface area contributed by atoms with Gasteiger partial charge in [-0.25, -0.2) is 0 Å². The maximum atomic E-state index is 11.9. The third kappa shape index (κ3) is 4.36. The molecule has 0 aliphatic heterocycles. The first-order valence-electron chi connectivity index (χ1n) is 7.08. The van der Waals surface area contributed by atoms with Crippen LogP contribution in [0.2, 0.25) is 0 Å². The Bertz CT molecular complexity index is 782. The van der Waals surface area contributed by atoms with Crippen LogP contribution in [-0.4, -0.2) is 31.0 Å². The largest absolute Gasteiger partial charge is 0.507 e. The Morgan fingerprint density at radius 3 is 2.29 bits per heavy atom. The molecule has 0 fully saturated rings. The van der Waals surface area contributed by atoms with E-state index in [2.05, 4.69) is 5.32 Å². The minimum Gasteiger partial charge on any atom is -0.507 e. The van der Waals surface area contributed by atoms with Gasteiger partial charge in [0.25, 0.3) is 5.91 Å². The normalized spacial score (nSPS) is 10.8. The second kappa shape index (κ2) is 7.82. The van der Waals surface area contributed by atoms with Crippen LogP contribution in [0.5, 0.6) is 11.5 Å². The van der Waals surface area contributed by atoms with Crippen molar-refractivity contribution in [2.45, 2.75) is 0 Å². The Labute approximate surface area is 139 Å². The van der Waals surface area contributed by atoms with Gasteiger partial charge in [-0.15, -0.1) is 0 Å². The van der Waals surface area contributed by atoms with E-state index < -0.39 is 11.7 Å². The lowest BCUT2D eigenvalue weighted by Crippen LogP contribution is -2.21. The smallest absolute Gasteiger partial charge is 0.296 e. The Kier molecular flexibility index (Phi) is 5.57. The number of carbonyl (C=O) groups excluding carboxylic acids is 2. The van der Waals surface area contributed by atoms with Gasteiger partial charge < -0.3 is 19.9 Å². The van der Waals surface area contributed by atoms with Gasteiger partial charge in [0, 0.05) is 23.4 Å². The Balaban J connectivity index is 2.10. The molecule has 124 valence electrons. The molecule has 0 radical (unpaired) electrons. The molecule has 0 aliphatic rings. The lowest BCUT2D eigenvalue weighted by molar-refractivity contribution is -0.131. The molecule has 6 heteroatoms. The van der Waals surface area contributed by atoms with Crippen molar-refractivity contribution in [3.63, 3.8) is 0 Å². The number of hydrogen-bond donors (Lipinski definition) is 2. The summed E-state index contributed by atoms with van der Waals surface area (Å²) in [6.07, 6.45) is 0.865. The van der Waals surface area contributed by atoms with Crippen LogP contribution in [-0.2, 0) is 9.59 Å². The van der Waals surface area contributed by atoms with Gasteiger partial charge in [-0.3, -0.25) is 9.59 Å². The average Bonchev–Trinajstić information content (AvgIpc) is 2.61. The standard InChI is InChI=1S/C18H17NO5/c1-23-14-7-3-5-12(9-14)16(20)11-17(21)18(22)19-13-6-4-8-15(10-13)24-2/h3-11,20H,1-2H3,(H,19,22)/b16-11+. The van der Waals surface area contributed by atoms with Crippen molar-refractivity contribution in [3.8, 4) is 11.5 Å². The monoisotopic (exact) mass is 327 g/mol. The van der Waals surface area contributed by atoms with E-state index in [1.807, 2.05) is 0 Å². The average molecular weight is 327 g/mol. The zero-order chi connectivity index (χ0) is 17.5. The van der Waals surface area contributed by atoms with Crippen LogP contribution >= 0.6 is 0 Å². The Morgan fingerprint density at radius 1 is 1.00 bits per heavy atom. The second-order valence-corrected chi connectivity index (χ2v) is 4.81. The summed E-state index contributed by atoms with van der Waals surface area (Å²) >= 11 is 0. The van der Waals surface area contributed by atoms with E-state index in [1.165, 1.54) is 14.2 Å². The van der Waals surface area contributed by atoms with Gasteiger partial charge in [0.05, 0.1) is 14.2 Å². The van der Waals surface area contributed by atoms with Crippen molar-refractivity contribution in [2.24, 2.45) is 0 Å². The van der Waals surface area contributed by atoms with E-state index in [9.17, 15) is 14.7 Å². The molecule has 0 saturated heterocycles. The summed E-state index contributed by atoms with van der Waals surface area (Å²) in [6.45, 7) is 0. The van der Waals surface area contributed by atoms with Gasteiger partial charge in [0.15, 0.2) is 0 Å². The molecule has 2 aromatic rings. The molecule has 2 aromatic carbocycles. The first kappa shape index (κ1) is 17.1. The number of nitrogens with one attached hydrogen (secondary N) is 1. The summed E-state index contributed by atoms with van der Waals surface area (Å²) in [5.41, 5.74) is 0.791. The molecule has 2 rings (SSSR count). The summed E-state index contributed by atoms with van der Waals surface area (Å²) < 4.78 is 10.1. The highest BCUT2D eigenvalue weighted by molar-refractivity contribution is 6.45. The molecule has 0 saturated carbocycles. The topological polar surface area (TPSA) is 84.9 Å². The van der Waals surface area contributed by atoms with Gasteiger partial charge in [-0.2, -0.15) is 0 Å². The van der Waals surface area contributed by atoms with Crippen molar-refractivity contribution in [3.05, 3.63) is 60.2 Å². The molecule has 0 spiro atoms. The number of ketones is 1. The molecule has 0 bridgehead atoms. The van der Waals surface area contributed by atoms with Crippen molar-refractivity contribution in [1.82, 2.24) is 0 Å². The molecule has 0 aliphatic carbocycles. The molecule has 0 heterocycles. The number of aliphatic hydroxyl groups excluding tert-OH is 1. The van der Waals surface area contributed by atoms with Gasteiger partial charge in [0.2, 0.25) is 5.78 Å². The third-order valence-electron chi connectivity index (χ3n) is 3.18. The van der Waals surface area contributed by atoms with E-state index in [4.69, 9.17) is 9.47 Å². The number of ether oxygens (including phenoxy) is 2. The van der Waals surface area contributed by atoms with Gasteiger partial charge in [0.1, 0.15) is 17.3 Å². The maximum Gasteiger partial charge on any atom is 0.296 e. The number of anilines is 1. The molecule has 6 nitrogen and oxygen atoms in total. The molecule has 0 atom stereocenters. The highest BCUT2D eigenvalue weighted by atomic mass is 16.5. The minimum absolute atomic E-state index is 0.320. The molecule has 0 aromatic heterocycles. The second-order valence-electron chi connectivity index (χ2n) is 4.81. The van der Waals surface area contributed by atoms with Crippen LogP contribution in [0.4, 0.5) is 5.69 Å². The highest BCUT2D eigenvalue weighted by Crippen LogP contribution is 2.19.